The number of hydrogen-bond acceptors (Lipinski definition) is 1. The summed E-state index contributed by atoms with van der Waals surface area (Å²) in [5.74, 6) is 0.0611. The van der Waals surface area contributed by atoms with Crippen LogP contribution in [0.3, 0.4) is 0 Å². The van der Waals surface area contributed by atoms with Crippen molar-refractivity contribution in [2.24, 2.45) is 11.8 Å². The number of hydrogen-bond donors (Lipinski definition) is 0. The van der Waals surface area contributed by atoms with Crippen molar-refractivity contribution in [1.29, 1.82) is 0 Å². The molecule has 1 aliphatic rings. The molecule has 0 amide bonds. The molecule has 0 N–H and O–H groups in total. The van der Waals surface area contributed by atoms with Crippen molar-refractivity contribution >= 4 is 0 Å². The molecule has 14 heavy (non-hydrogen) atoms. The maximum absolute atomic E-state index is 12.6. The Morgan fingerprint density at radius 2 is 1.71 bits per heavy atom. The van der Waals surface area contributed by atoms with E-state index in [0.29, 0.717) is 31.0 Å². The second kappa shape index (κ2) is 4.56. The van der Waals surface area contributed by atoms with Gasteiger partial charge in [-0.2, -0.15) is 0 Å². The van der Waals surface area contributed by atoms with E-state index in [1.165, 1.54) is 0 Å². The van der Waals surface area contributed by atoms with E-state index in [-0.39, 0.29) is 0 Å². The molecule has 1 rings (SSSR count). The average molecular weight is 205 g/mol. The van der Waals surface area contributed by atoms with Gasteiger partial charge in [0.15, 0.2) is 0 Å². The third kappa shape index (κ3) is 2.44. The smallest absolute Gasteiger partial charge is 0.242 e. The normalized spacial score (nSPS) is 29.8. The largest absolute Gasteiger partial charge is 0.297 e. The van der Waals surface area contributed by atoms with Crippen LogP contribution < -0.4 is 0 Å². The second-order valence-electron chi connectivity index (χ2n) is 4.93. The quantitative estimate of drug-likeness (QED) is 0.684. The molecule has 1 saturated heterocycles. The molecule has 0 bridgehead atoms. The maximum Gasteiger partial charge on any atom is 0.242 e. The van der Waals surface area contributed by atoms with Crippen molar-refractivity contribution < 1.29 is 8.78 Å². The first kappa shape index (κ1) is 11.9. The van der Waals surface area contributed by atoms with Gasteiger partial charge in [-0.05, 0) is 26.2 Å². The molecular formula is C11H21F2N. The molecule has 0 aromatic heterocycles. The minimum absolute atomic E-state index is 0.342. The molecule has 0 aromatic carbocycles. The summed E-state index contributed by atoms with van der Waals surface area (Å²) in [4.78, 5) is 2.22. The Morgan fingerprint density at radius 1 is 1.14 bits per heavy atom. The fourth-order valence-electron chi connectivity index (χ4n) is 2.36. The van der Waals surface area contributed by atoms with Crippen LogP contribution in [0.5, 0.6) is 0 Å². The first-order chi connectivity index (χ1) is 6.43. The van der Waals surface area contributed by atoms with Crippen LogP contribution in [-0.4, -0.2) is 30.0 Å². The Kier molecular flexibility index (Phi) is 3.87. The van der Waals surface area contributed by atoms with Gasteiger partial charge in [-0.15, -0.1) is 0 Å². The molecule has 1 nitrogen and oxygen atoms in total. The first-order valence-electron chi connectivity index (χ1n) is 5.47. The van der Waals surface area contributed by atoms with Crippen LogP contribution in [0.25, 0.3) is 0 Å². The number of nitrogens with zero attached hydrogens (tertiary/aromatic N) is 1. The zero-order valence-corrected chi connectivity index (χ0v) is 9.50. The second-order valence-corrected chi connectivity index (χ2v) is 4.93. The van der Waals surface area contributed by atoms with Gasteiger partial charge in [-0.3, -0.25) is 4.90 Å². The molecule has 0 unspecified atom stereocenters. The molecule has 0 aromatic rings. The highest BCUT2D eigenvalue weighted by molar-refractivity contribution is 4.89. The van der Waals surface area contributed by atoms with Crippen molar-refractivity contribution in [3.63, 3.8) is 0 Å². The molecule has 0 saturated carbocycles. The molecule has 0 aliphatic carbocycles. The molecule has 1 fully saturated rings. The van der Waals surface area contributed by atoms with Crippen LogP contribution in [0.1, 0.15) is 34.1 Å². The van der Waals surface area contributed by atoms with Crippen LogP contribution in [0.4, 0.5) is 8.78 Å². The zero-order chi connectivity index (χ0) is 10.9. The van der Waals surface area contributed by atoms with Crippen LogP contribution in [0, 0.1) is 11.8 Å². The maximum atomic E-state index is 12.6. The highest BCUT2D eigenvalue weighted by atomic mass is 19.3. The Hall–Kier alpha value is -0.180. The van der Waals surface area contributed by atoms with Gasteiger partial charge in [-0.1, -0.05) is 13.8 Å². The van der Waals surface area contributed by atoms with Gasteiger partial charge < -0.3 is 0 Å². The Labute approximate surface area is 85.5 Å². The highest BCUT2D eigenvalue weighted by Gasteiger charge is 2.38. The van der Waals surface area contributed by atoms with Crippen molar-refractivity contribution in [1.82, 2.24) is 4.90 Å². The SMILES string of the molecule is CC(C)[C@@H]1C[C@H](C(F)F)CN1C(C)C. The fourth-order valence-corrected chi connectivity index (χ4v) is 2.36. The summed E-state index contributed by atoms with van der Waals surface area (Å²) < 4.78 is 25.2. The summed E-state index contributed by atoms with van der Waals surface area (Å²) in [5.41, 5.74) is 0. The Bertz CT molecular complexity index is 164. The summed E-state index contributed by atoms with van der Waals surface area (Å²) in [6.45, 7) is 8.98. The molecule has 2 atom stereocenters. The lowest BCUT2D eigenvalue weighted by Crippen LogP contribution is -2.38. The lowest BCUT2D eigenvalue weighted by atomic mass is 9.97. The van der Waals surface area contributed by atoms with Gasteiger partial charge >= 0.3 is 0 Å². The standard InChI is InChI=1S/C11H21F2N/c1-7(2)10-5-9(11(12)13)6-14(10)8(3)4/h7-11H,5-6H2,1-4H3/t9-,10-/m0/s1. The van der Waals surface area contributed by atoms with E-state index in [2.05, 4.69) is 32.6 Å². The lowest BCUT2D eigenvalue weighted by Gasteiger charge is -2.30. The lowest BCUT2D eigenvalue weighted by molar-refractivity contribution is 0.0784. The van der Waals surface area contributed by atoms with Crippen molar-refractivity contribution in [2.75, 3.05) is 6.54 Å². The van der Waals surface area contributed by atoms with E-state index in [1.807, 2.05) is 0 Å². The number of halogens is 2. The minimum Gasteiger partial charge on any atom is -0.297 e. The number of rotatable bonds is 3. The molecule has 1 aliphatic heterocycles. The van der Waals surface area contributed by atoms with E-state index in [4.69, 9.17) is 0 Å². The van der Waals surface area contributed by atoms with Crippen LogP contribution in [-0.2, 0) is 0 Å². The molecule has 1 heterocycles. The molecule has 84 valence electrons. The summed E-state index contributed by atoms with van der Waals surface area (Å²) in [7, 11) is 0. The van der Waals surface area contributed by atoms with E-state index < -0.39 is 12.3 Å². The fraction of sp³-hybridized carbons (Fsp3) is 1.00. The Balaban J connectivity index is 2.65. The summed E-state index contributed by atoms with van der Waals surface area (Å²) in [6, 6.07) is 0.722. The van der Waals surface area contributed by atoms with Crippen molar-refractivity contribution in [3.05, 3.63) is 0 Å². The molecule has 0 radical (unpaired) electrons. The average Bonchev–Trinajstić information content (AvgIpc) is 2.47. The van der Waals surface area contributed by atoms with Gasteiger partial charge in [0, 0.05) is 24.5 Å². The molecular weight excluding hydrogens is 184 g/mol. The van der Waals surface area contributed by atoms with Crippen LogP contribution in [0.15, 0.2) is 0 Å². The molecule has 0 spiro atoms. The Morgan fingerprint density at radius 3 is 2.00 bits per heavy atom. The van der Waals surface area contributed by atoms with E-state index in [1.54, 1.807) is 0 Å². The number of likely N-dealkylation sites (tertiary alicyclic amines) is 1. The van der Waals surface area contributed by atoms with E-state index in [0.717, 1.165) is 0 Å². The van der Waals surface area contributed by atoms with Gasteiger partial charge in [0.1, 0.15) is 0 Å². The highest BCUT2D eigenvalue weighted by Crippen LogP contribution is 2.33. The summed E-state index contributed by atoms with van der Waals surface area (Å²) >= 11 is 0. The van der Waals surface area contributed by atoms with Gasteiger partial charge in [-0.25, -0.2) is 8.78 Å². The third-order valence-electron chi connectivity index (χ3n) is 3.20. The summed E-state index contributed by atoms with van der Waals surface area (Å²) in [6.07, 6.45) is -1.49. The van der Waals surface area contributed by atoms with E-state index in [9.17, 15) is 8.78 Å². The monoisotopic (exact) mass is 205 g/mol. The summed E-state index contributed by atoms with van der Waals surface area (Å²) in [5, 5.41) is 0. The predicted octanol–water partition coefficient (Wildman–Crippen LogP) is 3.01. The van der Waals surface area contributed by atoms with Crippen molar-refractivity contribution in [3.8, 4) is 0 Å². The van der Waals surface area contributed by atoms with Crippen LogP contribution >= 0.6 is 0 Å². The van der Waals surface area contributed by atoms with Crippen molar-refractivity contribution in [2.45, 2.75) is 52.6 Å². The topological polar surface area (TPSA) is 3.24 Å². The minimum atomic E-state index is -2.15. The number of alkyl halides is 2. The zero-order valence-electron chi connectivity index (χ0n) is 9.50. The van der Waals surface area contributed by atoms with Gasteiger partial charge in [0.05, 0.1) is 0 Å². The van der Waals surface area contributed by atoms with Gasteiger partial charge in [0.25, 0.3) is 0 Å². The first-order valence-corrected chi connectivity index (χ1v) is 5.47. The third-order valence-corrected chi connectivity index (χ3v) is 3.20. The van der Waals surface area contributed by atoms with Crippen LogP contribution in [0.2, 0.25) is 0 Å². The van der Waals surface area contributed by atoms with E-state index >= 15 is 0 Å². The molecule has 3 heteroatoms. The van der Waals surface area contributed by atoms with Gasteiger partial charge in [0.2, 0.25) is 6.43 Å². The predicted molar refractivity (Wildman–Crippen MR) is 54.6 cm³/mol.